The summed E-state index contributed by atoms with van der Waals surface area (Å²) in [5.41, 5.74) is 6.00. The van der Waals surface area contributed by atoms with E-state index in [2.05, 4.69) is 38.6 Å². The molecule has 1 saturated heterocycles. The average Bonchev–Trinajstić information content (AvgIpc) is 3.42. The smallest absolute Gasteiger partial charge is 0.162 e. The van der Waals surface area contributed by atoms with Gasteiger partial charge < -0.3 is 0 Å². The number of benzene rings is 1. The molecule has 7 heteroatoms. The zero-order chi connectivity index (χ0) is 18.2. The van der Waals surface area contributed by atoms with Crippen LogP contribution in [0.25, 0.3) is 16.8 Å². The Morgan fingerprint density at radius 3 is 2.85 bits per heavy atom. The first kappa shape index (κ1) is 16.1. The van der Waals surface area contributed by atoms with Gasteiger partial charge in [-0.1, -0.05) is 40.6 Å². The van der Waals surface area contributed by atoms with Crippen LogP contribution in [0.2, 0.25) is 0 Å². The van der Waals surface area contributed by atoms with Crippen LogP contribution in [-0.4, -0.2) is 36.4 Å². The van der Waals surface area contributed by atoms with E-state index in [4.69, 9.17) is 9.61 Å². The molecular weight excluding hydrogens is 340 g/mol. The minimum absolute atomic E-state index is 0.254. The molecule has 27 heavy (non-hydrogen) atoms. The Bertz CT molecular complexity index is 1070. The van der Waals surface area contributed by atoms with E-state index in [9.17, 15) is 0 Å². The van der Waals surface area contributed by atoms with Crippen molar-refractivity contribution in [3.63, 3.8) is 0 Å². The van der Waals surface area contributed by atoms with Crippen LogP contribution < -0.4 is 0 Å². The minimum Gasteiger partial charge on any atom is -0.290 e. The van der Waals surface area contributed by atoms with Gasteiger partial charge in [-0.15, -0.1) is 0 Å². The highest BCUT2D eigenvalue weighted by Gasteiger charge is 2.30. The number of hydrogen-bond donors (Lipinski definition) is 0. The molecule has 0 saturated carbocycles. The molecule has 0 N–H and O–H groups in total. The van der Waals surface area contributed by atoms with Gasteiger partial charge in [0.2, 0.25) is 0 Å². The minimum atomic E-state index is 0.254. The van der Waals surface area contributed by atoms with E-state index >= 15 is 0 Å². The van der Waals surface area contributed by atoms with Crippen LogP contribution in [-0.2, 0) is 6.54 Å². The predicted molar refractivity (Wildman–Crippen MR) is 99.8 cm³/mol. The molecule has 1 fully saturated rings. The second kappa shape index (κ2) is 6.59. The number of rotatable bonds is 4. The molecular formula is C20H20N6O. The molecule has 0 spiro atoms. The number of nitrogens with zero attached hydrogens (tertiary/aromatic N) is 6. The van der Waals surface area contributed by atoms with Gasteiger partial charge in [0.1, 0.15) is 11.4 Å². The van der Waals surface area contributed by atoms with Gasteiger partial charge in [0.05, 0.1) is 12.2 Å². The van der Waals surface area contributed by atoms with Gasteiger partial charge in [-0.2, -0.15) is 5.10 Å². The maximum absolute atomic E-state index is 4.91. The third-order valence-corrected chi connectivity index (χ3v) is 5.25. The van der Waals surface area contributed by atoms with Crippen LogP contribution >= 0.6 is 0 Å². The first-order chi connectivity index (χ1) is 13.3. The zero-order valence-electron chi connectivity index (χ0n) is 15.1. The lowest BCUT2D eigenvalue weighted by Gasteiger charge is -2.22. The highest BCUT2D eigenvalue weighted by molar-refractivity contribution is 5.76. The molecule has 136 valence electrons. The van der Waals surface area contributed by atoms with Crippen molar-refractivity contribution in [3.05, 3.63) is 65.9 Å². The van der Waals surface area contributed by atoms with E-state index in [1.807, 2.05) is 42.0 Å². The van der Waals surface area contributed by atoms with Crippen LogP contribution in [0.15, 0.2) is 53.6 Å². The molecule has 0 radical (unpaired) electrons. The first-order valence-corrected chi connectivity index (χ1v) is 9.20. The average molecular weight is 360 g/mol. The molecule has 1 aliphatic heterocycles. The van der Waals surface area contributed by atoms with Crippen molar-refractivity contribution in [2.75, 3.05) is 6.54 Å². The maximum atomic E-state index is 4.91. The molecule has 0 aliphatic carbocycles. The Kier molecular flexibility index (Phi) is 3.94. The Morgan fingerprint density at radius 1 is 1.15 bits per heavy atom. The van der Waals surface area contributed by atoms with Gasteiger partial charge in [-0.05, 0) is 31.9 Å². The lowest BCUT2D eigenvalue weighted by atomic mass is 10.1. The van der Waals surface area contributed by atoms with Crippen LogP contribution in [0, 0.1) is 6.92 Å². The maximum Gasteiger partial charge on any atom is 0.162 e. The SMILES string of the molecule is Cc1nonc1[C@@H]1CCCN1Cc1cnc2c(-c3ccccc3)cnn2c1. The number of likely N-dealkylation sites (tertiary alicyclic amines) is 1. The molecule has 5 rings (SSSR count). The number of aryl methyl sites for hydroxylation is 1. The van der Waals surface area contributed by atoms with Crippen LogP contribution in [0.3, 0.4) is 0 Å². The Balaban J connectivity index is 1.42. The Labute approximate surface area is 156 Å². The summed E-state index contributed by atoms with van der Waals surface area (Å²) >= 11 is 0. The van der Waals surface area contributed by atoms with E-state index in [1.54, 1.807) is 0 Å². The molecule has 1 atom stereocenters. The quantitative estimate of drug-likeness (QED) is 0.555. The monoisotopic (exact) mass is 360 g/mol. The first-order valence-electron chi connectivity index (χ1n) is 9.20. The molecule has 3 aromatic heterocycles. The zero-order valence-corrected chi connectivity index (χ0v) is 15.1. The second-order valence-electron chi connectivity index (χ2n) is 7.02. The van der Waals surface area contributed by atoms with Crippen molar-refractivity contribution < 1.29 is 4.63 Å². The van der Waals surface area contributed by atoms with Gasteiger partial charge in [-0.25, -0.2) is 14.1 Å². The molecule has 0 amide bonds. The number of hydrogen-bond acceptors (Lipinski definition) is 6. The topological polar surface area (TPSA) is 72.3 Å². The normalized spacial score (nSPS) is 17.7. The molecule has 1 aliphatic rings. The summed E-state index contributed by atoms with van der Waals surface area (Å²) in [7, 11) is 0. The van der Waals surface area contributed by atoms with Gasteiger partial charge in [-0.3, -0.25) is 4.90 Å². The lowest BCUT2D eigenvalue weighted by molar-refractivity contribution is 0.231. The number of aromatic nitrogens is 5. The van der Waals surface area contributed by atoms with Crippen molar-refractivity contribution in [2.24, 2.45) is 0 Å². The summed E-state index contributed by atoms with van der Waals surface area (Å²) in [5.74, 6) is 0. The van der Waals surface area contributed by atoms with E-state index in [0.717, 1.165) is 59.7 Å². The Morgan fingerprint density at radius 2 is 2.04 bits per heavy atom. The fourth-order valence-corrected chi connectivity index (χ4v) is 3.92. The van der Waals surface area contributed by atoms with Gasteiger partial charge >= 0.3 is 0 Å². The number of fused-ring (bicyclic) bond motifs is 1. The van der Waals surface area contributed by atoms with E-state index in [0.29, 0.717) is 0 Å². The summed E-state index contributed by atoms with van der Waals surface area (Å²) in [4.78, 5) is 7.11. The highest BCUT2D eigenvalue weighted by atomic mass is 16.6. The van der Waals surface area contributed by atoms with Crippen molar-refractivity contribution in [3.8, 4) is 11.1 Å². The largest absolute Gasteiger partial charge is 0.290 e. The van der Waals surface area contributed by atoms with E-state index in [1.165, 1.54) is 0 Å². The fraction of sp³-hybridized carbons (Fsp3) is 0.300. The van der Waals surface area contributed by atoms with E-state index < -0.39 is 0 Å². The molecule has 0 unspecified atom stereocenters. The van der Waals surface area contributed by atoms with Crippen LogP contribution in [0.1, 0.15) is 35.8 Å². The van der Waals surface area contributed by atoms with Crippen LogP contribution in [0.4, 0.5) is 0 Å². The van der Waals surface area contributed by atoms with Gasteiger partial charge in [0, 0.05) is 30.1 Å². The van der Waals surface area contributed by atoms with Gasteiger partial charge in [0.15, 0.2) is 5.65 Å². The lowest BCUT2D eigenvalue weighted by Crippen LogP contribution is -2.23. The van der Waals surface area contributed by atoms with Crippen molar-refractivity contribution >= 4 is 5.65 Å². The fourth-order valence-electron chi connectivity index (χ4n) is 3.92. The highest BCUT2D eigenvalue weighted by Crippen LogP contribution is 2.33. The predicted octanol–water partition coefficient (Wildman–Crippen LogP) is 3.42. The van der Waals surface area contributed by atoms with Crippen molar-refractivity contribution in [1.29, 1.82) is 0 Å². The third kappa shape index (κ3) is 2.90. The van der Waals surface area contributed by atoms with Crippen molar-refractivity contribution in [2.45, 2.75) is 32.4 Å². The molecule has 4 heterocycles. The summed E-state index contributed by atoms with van der Waals surface area (Å²) in [6.45, 7) is 3.79. The van der Waals surface area contributed by atoms with Crippen molar-refractivity contribution in [1.82, 2.24) is 29.8 Å². The molecule has 1 aromatic carbocycles. The van der Waals surface area contributed by atoms with Crippen LogP contribution in [0.5, 0.6) is 0 Å². The van der Waals surface area contributed by atoms with Gasteiger partial charge in [0.25, 0.3) is 0 Å². The molecule has 4 aromatic rings. The summed E-state index contributed by atoms with van der Waals surface area (Å²) in [6, 6.07) is 10.5. The molecule has 7 nitrogen and oxygen atoms in total. The summed E-state index contributed by atoms with van der Waals surface area (Å²) < 4.78 is 6.77. The third-order valence-electron chi connectivity index (χ3n) is 5.25. The van der Waals surface area contributed by atoms with E-state index in [-0.39, 0.29) is 6.04 Å². The molecule has 0 bridgehead atoms. The Hall–Kier alpha value is -3.06. The summed E-state index contributed by atoms with van der Waals surface area (Å²) in [6.07, 6.45) is 8.12. The second-order valence-corrected chi connectivity index (χ2v) is 7.02. The standard InChI is InChI=1S/C20H20N6O/c1-14-19(24-27-23-14)18-8-5-9-25(18)12-15-10-21-20-17(11-22-26(20)13-15)16-6-3-2-4-7-16/h2-4,6-7,10-11,13,18H,5,8-9,12H2,1H3/t18-/m0/s1. The summed E-state index contributed by atoms with van der Waals surface area (Å²) in [5, 5.41) is 12.6.